The molecule has 3 aromatic rings. The molecule has 0 bridgehead atoms. The van der Waals surface area contributed by atoms with Gasteiger partial charge in [-0.3, -0.25) is 4.90 Å². The molecule has 1 aliphatic heterocycles. The van der Waals surface area contributed by atoms with Crippen LogP contribution in [0, 0.1) is 0 Å². The zero-order valence-corrected chi connectivity index (χ0v) is 20.0. The highest BCUT2D eigenvalue weighted by atomic mass is 79.9. The van der Waals surface area contributed by atoms with E-state index in [1.165, 1.54) is 64.7 Å². The summed E-state index contributed by atoms with van der Waals surface area (Å²) in [4.78, 5) is 6.42. The average molecular weight is 485 g/mol. The normalized spacial score (nSPS) is 15.9. The fraction of sp³-hybridized carbons (Fsp3) is 0.360. The molecule has 158 valence electrons. The van der Waals surface area contributed by atoms with Gasteiger partial charge >= 0.3 is 0 Å². The fourth-order valence-corrected chi connectivity index (χ4v) is 5.13. The Morgan fingerprint density at radius 3 is 2.57 bits per heavy atom. The summed E-state index contributed by atoms with van der Waals surface area (Å²) < 4.78 is 4.73. The molecule has 5 heteroatoms. The zero-order chi connectivity index (χ0) is 20.8. The van der Waals surface area contributed by atoms with Gasteiger partial charge in [0.1, 0.15) is 0 Å². The van der Waals surface area contributed by atoms with Crippen molar-refractivity contribution in [2.24, 2.45) is 0 Å². The van der Waals surface area contributed by atoms with E-state index in [1.54, 1.807) is 11.9 Å². The molecule has 0 spiro atoms. The van der Waals surface area contributed by atoms with Crippen LogP contribution >= 0.6 is 27.9 Å². The molecule has 30 heavy (non-hydrogen) atoms. The summed E-state index contributed by atoms with van der Waals surface area (Å²) in [6.45, 7) is 9.23. The first-order valence-corrected chi connectivity index (χ1v) is 12.5. The molecule has 1 heterocycles. The molecule has 1 N–H and O–H groups in total. The third kappa shape index (κ3) is 5.79. The van der Waals surface area contributed by atoms with Crippen molar-refractivity contribution in [3.05, 3.63) is 70.7 Å². The number of fused-ring (bicyclic) bond motifs is 1. The van der Waals surface area contributed by atoms with Crippen LogP contribution in [0.5, 0.6) is 0 Å². The zero-order valence-electron chi connectivity index (χ0n) is 17.6. The molecule has 0 radical (unpaired) electrons. The van der Waals surface area contributed by atoms with Crippen molar-refractivity contribution in [3.8, 4) is 0 Å². The number of hydrogen-bond acceptors (Lipinski definition) is 4. The van der Waals surface area contributed by atoms with E-state index in [0.717, 1.165) is 18.8 Å². The van der Waals surface area contributed by atoms with Gasteiger partial charge in [-0.1, -0.05) is 53.2 Å². The number of rotatable bonds is 7. The molecule has 1 aliphatic rings. The predicted molar refractivity (Wildman–Crippen MR) is 134 cm³/mol. The lowest BCUT2D eigenvalue weighted by atomic mass is 10.1. The Labute approximate surface area is 193 Å². The lowest BCUT2D eigenvalue weighted by Gasteiger charge is -2.22. The first-order chi connectivity index (χ1) is 14.7. The Kier molecular flexibility index (Phi) is 7.72. The van der Waals surface area contributed by atoms with E-state index in [-0.39, 0.29) is 0 Å². The van der Waals surface area contributed by atoms with Crippen LogP contribution in [-0.4, -0.2) is 42.5 Å². The quantitative estimate of drug-likeness (QED) is 0.379. The smallest absolute Gasteiger partial charge is 0.0447 e. The number of benzene rings is 3. The summed E-state index contributed by atoms with van der Waals surface area (Å²) in [5.41, 5.74) is 2.50. The Hall–Kier alpha value is -1.53. The Bertz CT molecular complexity index is 978. The third-order valence-electron chi connectivity index (χ3n) is 5.67. The Morgan fingerprint density at radius 2 is 1.70 bits per heavy atom. The SMILES string of the molecule is CCCN1CCCN(Cc2cc(NSc3ccc4ccccc4c3)ccc2Br)CC1. The number of nitrogens with zero attached hydrogens (tertiary/aromatic N) is 2. The van der Waals surface area contributed by atoms with Crippen molar-refractivity contribution in [2.45, 2.75) is 31.2 Å². The molecule has 1 fully saturated rings. The number of nitrogens with one attached hydrogen (secondary N) is 1. The van der Waals surface area contributed by atoms with Gasteiger partial charge in [-0.15, -0.1) is 0 Å². The van der Waals surface area contributed by atoms with Crippen LogP contribution in [0.15, 0.2) is 70.0 Å². The van der Waals surface area contributed by atoms with Gasteiger partial charge in [-0.25, -0.2) is 0 Å². The van der Waals surface area contributed by atoms with Crippen LogP contribution in [-0.2, 0) is 6.54 Å². The van der Waals surface area contributed by atoms with Gasteiger partial charge in [0.2, 0.25) is 0 Å². The van der Waals surface area contributed by atoms with E-state index in [2.05, 4.69) is 98.0 Å². The van der Waals surface area contributed by atoms with Crippen LogP contribution in [0.1, 0.15) is 25.3 Å². The summed E-state index contributed by atoms with van der Waals surface area (Å²) in [5.74, 6) is 0. The minimum absolute atomic E-state index is 0.997. The fourth-order valence-electron chi connectivity index (χ4n) is 4.07. The van der Waals surface area contributed by atoms with Gasteiger partial charge in [0.15, 0.2) is 0 Å². The molecular formula is C25H30BrN3S. The summed E-state index contributed by atoms with van der Waals surface area (Å²) in [7, 11) is 0. The van der Waals surface area contributed by atoms with E-state index in [9.17, 15) is 0 Å². The molecule has 0 aliphatic carbocycles. The van der Waals surface area contributed by atoms with Gasteiger partial charge in [0.05, 0.1) is 0 Å². The minimum Gasteiger partial charge on any atom is -0.326 e. The second-order valence-electron chi connectivity index (χ2n) is 7.99. The molecule has 0 aromatic heterocycles. The topological polar surface area (TPSA) is 18.5 Å². The van der Waals surface area contributed by atoms with Crippen molar-refractivity contribution in [1.29, 1.82) is 0 Å². The maximum Gasteiger partial charge on any atom is 0.0447 e. The minimum atomic E-state index is 0.997. The molecule has 0 amide bonds. The van der Waals surface area contributed by atoms with Crippen LogP contribution in [0.3, 0.4) is 0 Å². The summed E-state index contributed by atoms with van der Waals surface area (Å²) in [6, 6.07) is 21.7. The maximum absolute atomic E-state index is 3.77. The molecule has 0 atom stereocenters. The highest BCUT2D eigenvalue weighted by Gasteiger charge is 2.15. The predicted octanol–water partition coefficient (Wildman–Crippen LogP) is 6.64. The van der Waals surface area contributed by atoms with Gasteiger partial charge in [-0.2, -0.15) is 0 Å². The van der Waals surface area contributed by atoms with Crippen LogP contribution in [0.4, 0.5) is 5.69 Å². The van der Waals surface area contributed by atoms with Crippen molar-refractivity contribution in [1.82, 2.24) is 9.80 Å². The van der Waals surface area contributed by atoms with Crippen LogP contribution in [0.25, 0.3) is 10.8 Å². The molecule has 4 rings (SSSR count). The Balaban J connectivity index is 1.38. The second kappa shape index (κ2) is 10.7. The van der Waals surface area contributed by atoms with Gasteiger partial charge in [0, 0.05) is 34.7 Å². The molecule has 0 unspecified atom stereocenters. The lowest BCUT2D eigenvalue weighted by molar-refractivity contribution is 0.251. The van der Waals surface area contributed by atoms with E-state index in [0.29, 0.717) is 0 Å². The Morgan fingerprint density at radius 1 is 0.900 bits per heavy atom. The lowest BCUT2D eigenvalue weighted by Crippen LogP contribution is -2.31. The standard InChI is InChI=1S/C25H30BrN3S/c1-2-12-28-13-5-14-29(16-15-28)19-22-17-23(9-11-25(22)26)27-30-24-10-8-20-6-3-4-7-21(20)18-24/h3-4,6-11,17-18,27H,2,5,12-16,19H2,1H3. The second-order valence-corrected chi connectivity index (χ2v) is 9.72. The molecule has 3 nitrogen and oxygen atoms in total. The van der Waals surface area contributed by atoms with E-state index in [1.807, 2.05) is 0 Å². The van der Waals surface area contributed by atoms with Crippen molar-refractivity contribution in [3.63, 3.8) is 0 Å². The average Bonchev–Trinajstić information content (AvgIpc) is 2.99. The summed E-state index contributed by atoms with van der Waals surface area (Å²) in [6.07, 6.45) is 2.50. The van der Waals surface area contributed by atoms with Crippen molar-refractivity contribution in [2.75, 3.05) is 37.4 Å². The number of halogens is 1. The van der Waals surface area contributed by atoms with E-state index < -0.39 is 0 Å². The van der Waals surface area contributed by atoms with Gasteiger partial charge < -0.3 is 9.62 Å². The maximum atomic E-state index is 3.77. The molecular weight excluding hydrogens is 454 g/mol. The summed E-state index contributed by atoms with van der Waals surface area (Å²) >= 11 is 5.44. The van der Waals surface area contributed by atoms with Crippen molar-refractivity contribution < 1.29 is 0 Å². The van der Waals surface area contributed by atoms with Crippen LogP contribution in [0.2, 0.25) is 0 Å². The van der Waals surface area contributed by atoms with Gasteiger partial charge in [-0.05, 0) is 91.1 Å². The van der Waals surface area contributed by atoms with E-state index >= 15 is 0 Å². The monoisotopic (exact) mass is 483 g/mol. The van der Waals surface area contributed by atoms with Crippen LogP contribution < -0.4 is 4.72 Å². The third-order valence-corrected chi connectivity index (χ3v) is 7.27. The highest BCUT2D eigenvalue weighted by Crippen LogP contribution is 2.28. The van der Waals surface area contributed by atoms with E-state index in [4.69, 9.17) is 0 Å². The van der Waals surface area contributed by atoms with Crippen molar-refractivity contribution >= 4 is 44.3 Å². The molecule has 1 saturated heterocycles. The largest absolute Gasteiger partial charge is 0.326 e. The first-order valence-electron chi connectivity index (χ1n) is 10.9. The summed E-state index contributed by atoms with van der Waals surface area (Å²) in [5, 5.41) is 2.56. The first kappa shape index (κ1) is 21.7. The van der Waals surface area contributed by atoms with Gasteiger partial charge in [0.25, 0.3) is 0 Å². The number of anilines is 1. The molecule has 3 aromatic carbocycles. The highest BCUT2D eigenvalue weighted by molar-refractivity contribution is 9.10. The number of hydrogen-bond donors (Lipinski definition) is 1. The molecule has 0 saturated carbocycles.